The first-order valence-electron chi connectivity index (χ1n) is 3.66. The fraction of sp³-hybridized carbons (Fsp3) is 0.857. The fourth-order valence-electron chi connectivity index (χ4n) is 0.215. The monoisotopic (exact) mass is 162 g/mol. The van der Waals surface area contributed by atoms with Crippen LogP contribution in [0.15, 0.2) is 0 Å². The van der Waals surface area contributed by atoms with Crippen molar-refractivity contribution in [2.75, 3.05) is 13.2 Å². The zero-order chi connectivity index (χ0) is 9.11. The van der Waals surface area contributed by atoms with Crippen molar-refractivity contribution in [3.63, 3.8) is 0 Å². The average Bonchev–Trinajstić information content (AvgIpc) is 1.88. The molecular weight excluding hydrogens is 144 g/mol. The van der Waals surface area contributed by atoms with Gasteiger partial charge in [0.1, 0.15) is 0 Å². The highest BCUT2D eigenvalue weighted by Gasteiger charge is 1.78. The van der Waals surface area contributed by atoms with Gasteiger partial charge in [0, 0.05) is 0 Å². The minimum Gasteiger partial charge on any atom is -0.468 e. The Balaban J connectivity index is 0. The van der Waals surface area contributed by atoms with E-state index in [1.807, 2.05) is 13.8 Å². The minimum absolute atomic E-state index is 0.333. The molecule has 0 saturated carbocycles. The highest BCUT2D eigenvalue weighted by Crippen LogP contribution is 1.72. The summed E-state index contributed by atoms with van der Waals surface area (Å²) in [6.07, 6.45) is 0.749. The summed E-state index contributed by atoms with van der Waals surface area (Å²) in [4.78, 5) is 9.42. The first-order valence-corrected chi connectivity index (χ1v) is 3.66. The van der Waals surface area contributed by atoms with Crippen LogP contribution in [0.2, 0.25) is 0 Å². The van der Waals surface area contributed by atoms with E-state index in [4.69, 9.17) is 11.5 Å². The van der Waals surface area contributed by atoms with Crippen molar-refractivity contribution in [2.24, 2.45) is 11.5 Å². The molecule has 0 aromatic carbocycles. The standard InChI is InChI=1S/C4H9NO2.C3H9N/c5-2-1-3-7-4-6;1-3(2)4/h4H,1-3,5H2;3H,4H2,1-2H3. The maximum atomic E-state index is 9.42. The van der Waals surface area contributed by atoms with Crippen LogP contribution in [0.4, 0.5) is 0 Å². The van der Waals surface area contributed by atoms with Gasteiger partial charge in [-0.05, 0) is 19.0 Å². The molecule has 0 aromatic heterocycles. The van der Waals surface area contributed by atoms with Crippen LogP contribution in [-0.4, -0.2) is 25.7 Å². The van der Waals surface area contributed by atoms with Crippen LogP contribution in [0.3, 0.4) is 0 Å². The SMILES string of the molecule is CC(C)N.NCCCOC=O. The van der Waals surface area contributed by atoms with Crippen molar-refractivity contribution in [3.8, 4) is 0 Å². The van der Waals surface area contributed by atoms with Gasteiger partial charge >= 0.3 is 0 Å². The van der Waals surface area contributed by atoms with E-state index in [-0.39, 0.29) is 0 Å². The Kier molecular flexibility index (Phi) is 14.3. The third-order valence-electron chi connectivity index (χ3n) is 0.534. The predicted molar refractivity (Wildman–Crippen MR) is 45.0 cm³/mol. The van der Waals surface area contributed by atoms with Crippen molar-refractivity contribution in [1.82, 2.24) is 0 Å². The number of hydrogen-bond donors (Lipinski definition) is 2. The van der Waals surface area contributed by atoms with E-state index >= 15 is 0 Å². The summed E-state index contributed by atoms with van der Waals surface area (Å²) in [5.41, 5.74) is 10.2. The Morgan fingerprint density at radius 3 is 2.27 bits per heavy atom. The Morgan fingerprint density at radius 2 is 2.00 bits per heavy atom. The predicted octanol–water partition coefficient (Wildman–Crippen LogP) is -0.138. The van der Waals surface area contributed by atoms with Gasteiger partial charge in [0.25, 0.3) is 6.47 Å². The molecule has 0 rings (SSSR count). The molecule has 4 N–H and O–H groups in total. The quantitative estimate of drug-likeness (QED) is 0.445. The topological polar surface area (TPSA) is 78.3 Å². The summed E-state index contributed by atoms with van der Waals surface area (Å²) < 4.78 is 4.31. The molecule has 4 nitrogen and oxygen atoms in total. The maximum Gasteiger partial charge on any atom is 0.293 e. The van der Waals surface area contributed by atoms with Crippen molar-refractivity contribution < 1.29 is 9.53 Å². The van der Waals surface area contributed by atoms with Gasteiger partial charge < -0.3 is 16.2 Å². The Labute approximate surface area is 67.9 Å². The summed E-state index contributed by atoms with van der Waals surface area (Å²) in [7, 11) is 0. The molecule has 0 fully saturated rings. The molecular formula is C7H18N2O2. The highest BCUT2D eigenvalue weighted by atomic mass is 16.5. The van der Waals surface area contributed by atoms with Crippen molar-refractivity contribution >= 4 is 6.47 Å². The summed E-state index contributed by atoms with van der Waals surface area (Å²) in [6.45, 7) is 5.34. The van der Waals surface area contributed by atoms with Crippen LogP contribution >= 0.6 is 0 Å². The van der Waals surface area contributed by atoms with Crippen LogP contribution in [0.5, 0.6) is 0 Å². The summed E-state index contributed by atoms with van der Waals surface area (Å²) >= 11 is 0. The van der Waals surface area contributed by atoms with Gasteiger partial charge in [-0.2, -0.15) is 0 Å². The molecule has 0 spiro atoms. The normalized spacial score (nSPS) is 8.45. The molecule has 0 bridgehead atoms. The molecule has 11 heavy (non-hydrogen) atoms. The van der Waals surface area contributed by atoms with Gasteiger partial charge in [0.2, 0.25) is 0 Å². The van der Waals surface area contributed by atoms with Crippen LogP contribution in [0, 0.1) is 0 Å². The zero-order valence-corrected chi connectivity index (χ0v) is 7.25. The molecule has 0 aliphatic rings. The lowest BCUT2D eigenvalue weighted by Crippen LogP contribution is -2.06. The smallest absolute Gasteiger partial charge is 0.293 e. The van der Waals surface area contributed by atoms with E-state index in [0.29, 0.717) is 25.7 Å². The molecule has 0 aromatic rings. The summed E-state index contributed by atoms with van der Waals surface area (Å²) in [6, 6.07) is 0.333. The highest BCUT2D eigenvalue weighted by molar-refractivity contribution is 5.36. The Morgan fingerprint density at radius 1 is 1.55 bits per heavy atom. The molecule has 0 atom stereocenters. The van der Waals surface area contributed by atoms with E-state index in [2.05, 4.69) is 4.74 Å². The van der Waals surface area contributed by atoms with Gasteiger partial charge in [0.15, 0.2) is 0 Å². The molecule has 0 aliphatic heterocycles. The molecule has 4 heteroatoms. The van der Waals surface area contributed by atoms with Crippen molar-refractivity contribution in [2.45, 2.75) is 26.3 Å². The number of carbonyl (C=O) groups excluding carboxylic acids is 1. The number of nitrogens with two attached hydrogens (primary N) is 2. The van der Waals surface area contributed by atoms with E-state index in [9.17, 15) is 4.79 Å². The lowest BCUT2D eigenvalue weighted by Gasteiger charge is -1.91. The third kappa shape index (κ3) is 44.6. The largest absolute Gasteiger partial charge is 0.468 e. The van der Waals surface area contributed by atoms with Crippen LogP contribution in [-0.2, 0) is 9.53 Å². The summed E-state index contributed by atoms with van der Waals surface area (Å²) in [5, 5.41) is 0. The average molecular weight is 162 g/mol. The molecule has 68 valence electrons. The van der Waals surface area contributed by atoms with Gasteiger partial charge in [-0.25, -0.2) is 0 Å². The van der Waals surface area contributed by atoms with E-state index in [1.165, 1.54) is 0 Å². The van der Waals surface area contributed by atoms with Gasteiger partial charge in [-0.15, -0.1) is 0 Å². The fourth-order valence-corrected chi connectivity index (χ4v) is 0.215. The molecule has 0 unspecified atom stereocenters. The molecule has 0 aliphatic carbocycles. The first-order chi connectivity index (χ1) is 5.15. The lowest BCUT2D eigenvalue weighted by molar-refractivity contribution is -0.128. The number of rotatable bonds is 4. The molecule has 0 saturated heterocycles. The van der Waals surface area contributed by atoms with Crippen LogP contribution in [0.1, 0.15) is 20.3 Å². The van der Waals surface area contributed by atoms with Gasteiger partial charge in [0.05, 0.1) is 6.61 Å². The lowest BCUT2D eigenvalue weighted by atomic mass is 10.5. The minimum atomic E-state index is 0.333. The third-order valence-corrected chi connectivity index (χ3v) is 0.534. The second kappa shape index (κ2) is 12.1. The zero-order valence-electron chi connectivity index (χ0n) is 7.25. The van der Waals surface area contributed by atoms with E-state index in [1.54, 1.807) is 0 Å². The number of ether oxygens (including phenoxy) is 1. The van der Waals surface area contributed by atoms with Crippen LogP contribution in [0.25, 0.3) is 0 Å². The van der Waals surface area contributed by atoms with E-state index < -0.39 is 0 Å². The Hall–Kier alpha value is -0.610. The van der Waals surface area contributed by atoms with E-state index in [0.717, 1.165) is 6.42 Å². The summed E-state index contributed by atoms with van der Waals surface area (Å²) in [5.74, 6) is 0. The first kappa shape index (κ1) is 13.0. The Bertz CT molecular complexity index is 74.1. The molecule has 0 radical (unpaired) electrons. The second-order valence-corrected chi connectivity index (χ2v) is 2.35. The van der Waals surface area contributed by atoms with Crippen LogP contribution < -0.4 is 11.5 Å². The maximum absolute atomic E-state index is 9.42. The molecule has 0 amide bonds. The van der Waals surface area contributed by atoms with Crippen molar-refractivity contribution in [3.05, 3.63) is 0 Å². The molecule has 0 heterocycles. The number of carbonyl (C=O) groups is 1. The van der Waals surface area contributed by atoms with Crippen molar-refractivity contribution in [1.29, 1.82) is 0 Å². The number of hydrogen-bond acceptors (Lipinski definition) is 4. The van der Waals surface area contributed by atoms with Gasteiger partial charge in [-0.1, -0.05) is 13.8 Å². The van der Waals surface area contributed by atoms with Gasteiger partial charge in [-0.3, -0.25) is 4.79 Å². The second-order valence-electron chi connectivity index (χ2n) is 2.35.